The maximum Gasteiger partial charge on any atom is 0.269 e. The minimum Gasteiger partial charge on any atom is -0.350 e. The van der Waals surface area contributed by atoms with E-state index in [1.165, 1.54) is 5.69 Å². The molecule has 6 nitrogen and oxygen atoms in total. The largest absolute Gasteiger partial charge is 0.350 e. The Bertz CT molecular complexity index is 907. The number of aryl methyl sites for hydroxylation is 1. The third-order valence-corrected chi connectivity index (χ3v) is 4.86. The molecule has 1 aliphatic rings. The van der Waals surface area contributed by atoms with Crippen molar-refractivity contribution in [1.82, 2.24) is 14.5 Å². The summed E-state index contributed by atoms with van der Waals surface area (Å²) in [4.78, 5) is 17.5. The van der Waals surface area contributed by atoms with Crippen LogP contribution in [0.1, 0.15) is 29.3 Å². The van der Waals surface area contributed by atoms with Crippen LogP contribution in [0.4, 0.5) is 5.69 Å². The molecule has 0 fully saturated rings. The Hall–Kier alpha value is -2.99. The lowest BCUT2D eigenvalue weighted by Crippen LogP contribution is -2.29. The highest BCUT2D eigenvalue weighted by atomic mass is 16.6. The highest BCUT2D eigenvalue weighted by Crippen LogP contribution is 2.34. The smallest absolute Gasteiger partial charge is 0.269 e. The van der Waals surface area contributed by atoms with Crippen LogP contribution in [-0.2, 0) is 13.1 Å². The molecule has 1 aliphatic heterocycles. The first-order chi connectivity index (χ1) is 12.7. The summed E-state index contributed by atoms with van der Waals surface area (Å²) >= 11 is 0. The summed E-state index contributed by atoms with van der Waals surface area (Å²) in [6.45, 7) is 2.63. The van der Waals surface area contributed by atoms with E-state index in [1.54, 1.807) is 24.4 Å². The van der Waals surface area contributed by atoms with Crippen molar-refractivity contribution in [3.63, 3.8) is 0 Å². The first-order valence-corrected chi connectivity index (χ1v) is 8.75. The van der Waals surface area contributed by atoms with Crippen molar-refractivity contribution in [2.45, 2.75) is 25.6 Å². The number of nitro groups is 1. The third-order valence-electron chi connectivity index (χ3n) is 4.86. The van der Waals surface area contributed by atoms with Gasteiger partial charge in [-0.05, 0) is 35.7 Å². The van der Waals surface area contributed by atoms with Crippen LogP contribution in [-0.4, -0.2) is 25.9 Å². The number of rotatable bonds is 4. The van der Waals surface area contributed by atoms with Gasteiger partial charge >= 0.3 is 0 Å². The highest BCUT2D eigenvalue weighted by Gasteiger charge is 2.28. The maximum atomic E-state index is 11.3. The van der Waals surface area contributed by atoms with Gasteiger partial charge in [-0.15, -0.1) is 0 Å². The van der Waals surface area contributed by atoms with E-state index in [0.29, 0.717) is 0 Å². The molecule has 4 rings (SSSR count). The predicted octanol–water partition coefficient (Wildman–Crippen LogP) is 3.79. The average molecular weight is 348 g/mol. The van der Waals surface area contributed by atoms with Crippen LogP contribution < -0.4 is 0 Å². The van der Waals surface area contributed by atoms with Crippen LogP contribution in [0.5, 0.6) is 0 Å². The molecule has 2 aromatic heterocycles. The van der Waals surface area contributed by atoms with E-state index in [9.17, 15) is 10.1 Å². The minimum atomic E-state index is -0.329. The Morgan fingerprint density at radius 3 is 2.88 bits per heavy atom. The van der Waals surface area contributed by atoms with Gasteiger partial charge in [-0.3, -0.25) is 20.0 Å². The van der Waals surface area contributed by atoms with E-state index in [-0.39, 0.29) is 16.7 Å². The molecule has 26 heavy (non-hydrogen) atoms. The predicted molar refractivity (Wildman–Crippen MR) is 98.6 cm³/mol. The normalized spacial score (nSPS) is 17.5. The molecule has 0 spiro atoms. The first-order valence-electron chi connectivity index (χ1n) is 8.75. The van der Waals surface area contributed by atoms with Crippen LogP contribution in [0.2, 0.25) is 0 Å². The van der Waals surface area contributed by atoms with Crippen molar-refractivity contribution >= 4 is 5.69 Å². The summed E-state index contributed by atoms with van der Waals surface area (Å²) in [5, 5.41) is 11.3. The molecule has 0 aliphatic carbocycles. The van der Waals surface area contributed by atoms with Gasteiger partial charge in [0.1, 0.15) is 0 Å². The molecule has 0 bridgehead atoms. The van der Waals surface area contributed by atoms with Crippen LogP contribution in [0.15, 0.2) is 67.1 Å². The van der Waals surface area contributed by atoms with Crippen molar-refractivity contribution in [2.24, 2.45) is 0 Å². The number of hydrogen-bond acceptors (Lipinski definition) is 4. The molecule has 3 heterocycles. The summed E-state index contributed by atoms with van der Waals surface area (Å²) in [7, 11) is 0. The second-order valence-corrected chi connectivity index (χ2v) is 6.57. The zero-order valence-corrected chi connectivity index (χ0v) is 14.4. The number of nitro benzene ring substituents is 1. The fourth-order valence-electron chi connectivity index (χ4n) is 3.73. The number of fused-ring (bicyclic) bond motifs is 1. The van der Waals surface area contributed by atoms with Crippen molar-refractivity contribution < 1.29 is 4.92 Å². The van der Waals surface area contributed by atoms with E-state index in [2.05, 4.69) is 32.8 Å². The highest BCUT2D eigenvalue weighted by molar-refractivity contribution is 5.39. The van der Waals surface area contributed by atoms with Crippen LogP contribution >= 0.6 is 0 Å². The first kappa shape index (κ1) is 16.5. The number of nitrogens with zero attached hydrogens (tertiary/aromatic N) is 4. The second kappa shape index (κ2) is 7.09. The fourth-order valence-corrected chi connectivity index (χ4v) is 3.73. The van der Waals surface area contributed by atoms with E-state index >= 15 is 0 Å². The van der Waals surface area contributed by atoms with Crippen molar-refractivity contribution in [3.8, 4) is 0 Å². The zero-order valence-electron chi connectivity index (χ0n) is 14.4. The van der Waals surface area contributed by atoms with E-state index in [0.717, 1.165) is 37.2 Å². The Kier molecular flexibility index (Phi) is 4.50. The van der Waals surface area contributed by atoms with E-state index in [4.69, 9.17) is 0 Å². The zero-order chi connectivity index (χ0) is 17.9. The fraction of sp³-hybridized carbons (Fsp3) is 0.250. The number of pyridine rings is 1. The van der Waals surface area contributed by atoms with Gasteiger partial charge in [-0.2, -0.15) is 0 Å². The molecule has 0 amide bonds. The lowest BCUT2D eigenvalue weighted by Gasteiger charge is -2.30. The molecule has 0 radical (unpaired) electrons. The van der Waals surface area contributed by atoms with Gasteiger partial charge in [0.05, 0.1) is 11.0 Å². The lowest BCUT2D eigenvalue weighted by molar-refractivity contribution is -0.384. The monoisotopic (exact) mass is 348 g/mol. The summed E-state index contributed by atoms with van der Waals surface area (Å²) in [5.74, 6) is 0. The van der Waals surface area contributed by atoms with E-state index in [1.807, 2.05) is 24.4 Å². The van der Waals surface area contributed by atoms with Gasteiger partial charge in [-0.25, -0.2) is 0 Å². The Morgan fingerprint density at radius 1 is 1.15 bits per heavy atom. The van der Waals surface area contributed by atoms with Crippen molar-refractivity contribution in [3.05, 3.63) is 94.1 Å². The second-order valence-electron chi connectivity index (χ2n) is 6.57. The van der Waals surface area contributed by atoms with Gasteiger partial charge in [0.2, 0.25) is 0 Å². The van der Waals surface area contributed by atoms with Gasteiger partial charge in [-0.1, -0.05) is 18.2 Å². The van der Waals surface area contributed by atoms with Crippen molar-refractivity contribution in [1.29, 1.82) is 0 Å². The Balaban J connectivity index is 1.77. The summed E-state index contributed by atoms with van der Waals surface area (Å²) in [5.41, 5.74) is 3.39. The molecule has 0 saturated carbocycles. The lowest BCUT2D eigenvalue weighted by atomic mass is 10.0. The number of benzene rings is 1. The summed E-state index contributed by atoms with van der Waals surface area (Å²) < 4.78 is 2.26. The molecule has 3 aromatic rings. The van der Waals surface area contributed by atoms with Crippen LogP contribution in [0.25, 0.3) is 0 Å². The van der Waals surface area contributed by atoms with Crippen LogP contribution in [0.3, 0.4) is 0 Å². The standard InChI is InChI=1S/C20H20N4O2/c25-24(26)18-7-1-6-17(13-18)20-19-8-3-10-22(19)11-4-12-23(20)15-16-5-2-9-21-14-16/h1-3,5-10,13-14,20H,4,11-12,15H2/t20-/m1/s1. The van der Waals surface area contributed by atoms with Gasteiger partial charge in [0, 0.05) is 56.1 Å². The Labute approximate surface area is 151 Å². The molecular formula is C20H20N4O2. The Morgan fingerprint density at radius 2 is 2.08 bits per heavy atom. The minimum absolute atomic E-state index is 0.0207. The average Bonchev–Trinajstić information content (AvgIpc) is 3.04. The maximum absolute atomic E-state index is 11.3. The van der Waals surface area contributed by atoms with Gasteiger partial charge in [0.15, 0.2) is 0 Å². The van der Waals surface area contributed by atoms with Crippen molar-refractivity contribution in [2.75, 3.05) is 6.54 Å². The molecular weight excluding hydrogens is 328 g/mol. The number of non-ortho nitro benzene ring substituents is 1. The summed E-state index contributed by atoms with van der Waals surface area (Å²) in [6.07, 6.45) is 6.78. The van der Waals surface area contributed by atoms with Crippen LogP contribution in [0, 0.1) is 10.1 Å². The molecule has 0 saturated heterocycles. The van der Waals surface area contributed by atoms with Gasteiger partial charge in [0.25, 0.3) is 5.69 Å². The quantitative estimate of drug-likeness (QED) is 0.531. The third kappa shape index (κ3) is 3.23. The molecule has 132 valence electrons. The number of aromatic nitrogens is 2. The SMILES string of the molecule is O=[N+]([O-])c1cccc([C@@H]2c3cccn3CCCN2Cc2cccnc2)c1. The molecule has 1 atom stereocenters. The van der Waals surface area contributed by atoms with E-state index < -0.39 is 0 Å². The number of hydrogen-bond donors (Lipinski definition) is 0. The topological polar surface area (TPSA) is 64.2 Å². The van der Waals surface area contributed by atoms with Gasteiger partial charge < -0.3 is 4.57 Å². The summed E-state index contributed by atoms with van der Waals surface area (Å²) in [6, 6.07) is 15.2. The molecule has 0 unspecified atom stereocenters. The molecule has 6 heteroatoms. The molecule has 1 aromatic carbocycles. The molecule has 0 N–H and O–H groups in total.